The quantitative estimate of drug-likeness (QED) is 0.872. The average Bonchev–Trinajstić information content (AvgIpc) is 2.34. The van der Waals surface area contributed by atoms with Crippen molar-refractivity contribution in [1.82, 2.24) is 10.2 Å². The monoisotopic (exact) mass is 284 g/mol. The molecule has 0 heterocycles. The lowest BCUT2D eigenvalue weighted by atomic mass is 10.2. The standard InChI is InChI=1S/C13H17ClN2O3/c1-9(2)16(8-12(17)18)13(19)15-7-10-5-3-4-6-11(10)14/h3-6,9H,7-8H2,1-2H3,(H,15,19)(H,17,18). The van der Waals surface area contributed by atoms with E-state index in [1.54, 1.807) is 32.0 Å². The second kappa shape index (κ2) is 6.99. The van der Waals surface area contributed by atoms with Crippen molar-refractivity contribution < 1.29 is 14.7 Å². The van der Waals surface area contributed by atoms with Gasteiger partial charge in [-0.05, 0) is 25.5 Å². The number of rotatable bonds is 5. The van der Waals surface area contributed by atoms with Gasteiger partial charge in [0.05, 0.1) is 0 Å². The third-order valence-corrected chi connectivity index (χ3v) is 2.95. The van der Waals surface area contributed by atoms with Crippen molar-refractivity contribution in [3.05, 3.63) is 34.9 Å². The summed E-state index contributed by atoms with van der Waals surface area (Å²) >= 11 is 5.98. The molecule has 5 nitrogen and oxygen atoms in total. The molecule has 6 heteroatoms. The van der Waals surface area contributed by atoms with E-state index >= 15 is 0 Å². The van der Waals surface area contributed by atoms with Crippen LogP contribution >= 0.6 is 11.6 Å². The number of hydrogen-bond donors (Lipinski definition) is 2. The molecular formula is C13H17ClN2O3. The number of nitrogens with one attached hydrogen (secondary N) is 1. The van der Waals surface area contributed by atoms with Crippen LogP contribution in [0.1, 0.15) is 19.4 Å². The molecular weight excluding hydrogens is 268 g/mol. The molecule has 0 fully saturated rings. The van der Waals surface area contributed by atoms with Crippen LogP contribution in [0.3, 0.4) is 0 Å². The molecule has 0 radical (unpaired) electrons. The van der Waals surface area contributed by atoms with Gasteiger partial charge < -0.3 is 15.3 Å². The van der Waals surface area contributed by atoms with E-state index in [9.17, 15) is 9.59 Å². The highest BCUT2D eigenvalue weighted by molar-refractivity contribution is 6.31. The zero-order valence-electron chi connectivity index (χ0n) is 10.9. The molecule has 2 amide bonds. The molecule has 1 rings (SSSR count). The second-order valence-electron chi connectivity index (χ2n) is 4.37. The molecule has 0 aromatic heterocycles. The zero-order chi connectivity index (χ0) is 14.4. The first kappa shape index (κ1) is 15.3. The summed E-state index contributed by atoms with van der Waals surface area (Å²) in [7, 11) is 0. The summed E-state index contributed by atoms with van der Waals surface area (Å²) in [6.07, 6.45) is 0. The number of halogens is 1. The number of carbonyl (C=O) groups is 2. The molecule has 0 aliphatic rings. The molecule has 0 saturated heterocycles. The minimum absolute atomic E-state index is 0.192. The van der Waals surface area contributed by atoms with Crippen LogP contribution in [0.5, 0.6) is 0 Å². The number of amides is 2. The molecule has 0 bridgehead atoms. The van der Waals surface area contributed by atoms with Gasteiger partial charge in [0.15, 0.2) is 0 Å². The highest BCUT2D eigenvalue weighted by atomic mass is 35.5. The fourth-order valence-corrected chi connectivity index (χ4v) is 1.75. The fraction of sp³-hybridized carbons (Fsp3) is 0.385. The minimum atomic E-state index is -1.04. The van der Waals surface area contributed by atoms with E-state index in [1.165, 1.54) is 4.90 Å². The van der Waals surface area contributed by atoms with Gasteiger partial charge in [-0.15, -0.1) is 0 Å². The number of carboxylic acid groups (broad SMARTS) is 1. The van der Waals surface area contributed by atoms with E-state index in [-0.39, 0.29) is 19.1 Å². The Labute approximate surface area is 117 Å². The molecule has 0 aliphatic carbocycles. The molecule has 0 saturated carbocycles. The normalized spacial score (nSPS) is 10.3. The van der Waals surface area contributed by atoms with Gasteiger partial charge in [0.2, 0.25) is 0 Å². The van der Waals surface area contributed by atoms with Crippen LogP contribution in [-0.2, 0) is 11.3 Å². The number of urea groups is 1. The van der Waals surface area contributed by atoms with Gasteiger partial charge in [0, 0.05) is 17.6 Å². The van der Waals surface area contributed by atoms with Gasteiger partial charge in [0.1, 0.15) is 6.54 Å². The number of aliphatic carboxylic acids is 1. The lowest BCUT2D eigenvalue weighted by Crippen LogP contribution is -2.46. The van der Waals surface area contributed by atoms with E-state index in [0.717, 1.165) is 5.56 Å². The Morgan fingerprint density at radius 1 is 1.37 bits per heavy atom. The average molecular weight is 285 g/mol. The first-order chi connectivity index (χ1) is 8.91. The van der Waals surface area contributed by atoms with Crippen molar-refractivity contribution >= 4 is 23.6 Å². The Balaban J connectivity index is 2.63. The van der Waals surface area contributed by atoms with E-state index < -0.39 is 12.0 Å². The van der Waals surface area contributed by atoms with Gasteiger partial charge in [-0.2, -0.15) is 0 Å². The molecule has 0 unspecified atom stereocenters. The van der Waals surface area contributed by atoms with Crippen molar-refractivity contribution in [2.24, 2.45) is 0 Å². The molecule has 1 aromatic rings. The molecule has 104 valence electrons. The summed E-state index contributed by atoms with van der Waals surface area (Å²) < 4.78 is 0. The highest BCUT2D eigenvalue weighted by Crippen LogP contribution is 2.14. The molecule has 0 aliphatic heterocycles. The van der Waals surface area contributed by atoms with Crippen molar-refractivity contribution in [1.29, 1.82) is 0 Å². The third-order valence-electron chi connectivity index (χ3n) is 2.58. The SMILES string of the molecule is CC(C)N(CC(=O)O)C(=O)NCc1ccccc1Cl. The molecule has 19 heavy (non-hydrogen) atoms. The van der Waals surface area contributed by atoms with Crippen LogP contribution in [0, 0.1) is 0 Å². The molecule has 2 N–H and O–H groups in total. The summed E-state index contributed by atoms with van der Waals surface area (Å²) in [6.45, 7) is 3.46. The van der Waals surface area contributed by atoms with Gasteiger partial charge in [-0.1, -0.05) is 29.8 Å². The lowest BCUT2D eigenvalue weighted by Gasteiger charge is -2.25. The minimum Gasteiger partial charge on any atom is -0.480 e. The molecule has 0 spiro atoms. The smallest absolute Gasteiger partial charge is 0.323 e. The Morgan fingerprint density at radius 2 is 2.00 bits per heavy atom. The number of hydrogen-bond acceptors (Lipinski definition) is 2. The maximum absolute atomic E-state index is 11.9. The maximum Gasteiger partial charge on any atom is 0.323 e. The Bertz CT molecular complexity index is 463. The highest BCUT2D eigenvalue weighted by Gasteiger charge is 2.19. The summed E-state index contributed by atoms with van der Waals surface area (Å²) in [5, 5.41) is 12.0. The van der Waals surface area contributed by atoms with Gasteiger partial charge >= 0.3 is 12.0 Å². The second-order valence-corrected chi connectivity index (χ2v) is 4.77. The summed E-state index contributed by atoms with van der Waals surface area (Å²) in [5.41, 5.74) is 0.788. The number of nitrogens with zero attached hydrogens (tertiary/aromatic N) is 1. The van der Waals surface area contributed by atoms with Crippen LogP contribution < -0.4 is 5.32 Å². The first-order valence-electron chi connectivity index (χ1n) is 5.91. The van der Waals surface area contributed by atoms with Crippen LogP contribution in [0.4, 0.5) is 4.79 Å². The number of carboxylic acids is 1. The predicted molar refractivity (Wildman–Crippen MR) is 73.2 cm³/mol. The van der Waals surface area contributed by atoms with Crippen molar-refractivity contribution in [2.75, 3.05) is 6.54 Å². The molecule has 1 aromatic carbocycles. The van der Waals surface area contributed by atoms with Crippen LogP contribution in [0.15, 0.2) is 24.3 Å². The van der Waals surface area contributed by atoms with Gasteiger partial charge in [0.25, 0.3) is 0 Å². The van der Waals surface area contributed by atoms with E-state index in [0.29, 0.717) is 5.02 Å². The zero-order valence-corrected chi connectivity index (χ0v) is 11.6. The van der Waals surface area contributed by atoms with Crippen molar-refractivity contribution in [2.45, 2.75) is 26.4 Å². The number of carbonyl (C=O) groups excluding carboxylic acids is 1. The van der Waals surface area contributed by atoms with Crippen LogP contribution in [0.25, 0.3) is 0 Å². The number of benzene rings is 1. The Morgan fingerprint density at radius 3 is 2.53 bits per heavy atom. The van der Waals surface area contributed by atoms with Crippen molar-refractivity contribution in [3.8, 4) is 0 Å². The molecule has 0 atom stereocenters. The summed E-state index contributed by atoms with van der Waals surface area (Å²) in [6, 6.07) is 6.56. The third kappa shape index (κ3) is 4.79. The van der Waals surface area contributed by atoms with Crippen LogP contribution in [-0.4, -0.2) is 34.6 Å². The summed E-state index contributed by atoms with van der Waals surface area (Å²) in [4.78, 5) is 23.9. The Hall–Kier alpha value is -1.75. The predicted octanol–water partition coefficient (Wildman–Crippen LogP) is 2.34. The van der Waals surface area contributed by atoms with E-state index in [4.69, 9.17) is 16.7 Å². The van der Waals surface area contributed by atoms with Gasteiger partial charge in [-0.25, -0.2) is 4.79 Å². The summed E-state index contributed by atoms with van der Waals surface area (Å²) in [5.74, 6) is -1.04. The lowest BCUT2D eigenvalue weighted by molar-refractivity contribution is -0.138. The largest absolute Gasteiger partial charge is 0.480 e. The maximum atomic E-state index is 11.9. The fourth-order valence-electron chi connectivity index (χ4n) is 1.55. The van der Waals surface area contributed by atoms with Gasteiger partial charge in [-0.3, -0.25) is 4.79 Å². The van der Waals surface area contributed by atoms with E-state index in [1.807, 2.05) is 6.07 Å². The Kier molecular flexibility index (Phi) is 5.63. The first-order valence-corrected chi connectivity index (χ1v) is 6.29. The van der Waals surface area contributed by atoms with Crippen molar-refractivity contribution in [3.63, 3.8) is 0 Å². The topological polar surface area (TPSA) is 69.6 Å². The van der Waals surface area contributed by atoms with E-state index in [2.05, 4.69) is 5.32 Å². The van der Waals surface area contributed by atoms with Crippen LogP contribution in [0.2, 0.25) is 5.02 Å².